The normalized spacial score (nSPS) is 13.7. The van der Waals surface area contributed by atoms with Crippen LogP contribution in [0.2, 0.25) is 0 Å². The average Bonchev–Trinajstić information content (AvgIpc) is 2.48. The van der Waals surface area contributed by atoms with Crippen molar-refractivity contribution in [2.24, 2.45) is 0 Å². The Labute approximate surface area is 73.1 Å². The molecule has 0 aliphatic carbocycles. The maximum atomic E-state index is 11.0. The van der Waals surface area contributed by atoms with Crippen LogP contribution in [0, 0.1) is 10.1 Å². The minimum Gasteiger partial charge on any atom is -0.457 e. The molecule has 0 unspecified atom stereocenters. The number of carbonyl (C=O) groups is 1. The molecule has 0 saturated heterocycles. The number of hydrogen-bond acceptors (Lipinski definition) is 4. The van der Waals surface area contributed by atoms with Gasteiger partial charge >= 0.3 is 5.97 Å². The van der Waals surface area contributed by atoms with Crippen LogP contribution in [0.1, 0.15) is 15.9 Å². The maximum absolute atomic E-state index is 11.0. The van der Waals surface area contributed by atoms with Crippen molar-refractivity contribution < 1.29 is 14.5 Å². The summed E-state index contributed by atoms with van der Waals surface area (Å²) in [6.07, 6.45) is 0. The Kier molecular flexibility index (Phi) is 1.51. The second kappa shape index (κ2) is 2.55. The monoisotopic (exact) mass is 179 g/mol. The first-order valence-electron chi connectivity index (χ1n) is 3.63. The van der Waals surface area contributed by atoms with Gasteiger partial charge in [-0.15, -0.1) is 0 Å². The van der Waals surface area contributed by atoms with Gasteiger partial charge in [0, 0.05) is 6.07 Å². The number of hydrogen-bond donors (Lipinski definition) is 0. The number of rotatable bonds is 1. The molecule has 13 heavy (non-hydrogen) atoms. The molecular formula is C8H5NO4. The van der Waals surface area contributed by atoms with Gasteiger partial charge in [0.25, 0.3) is 5.69 Å². The van der Waals surface area contributed by atoms with Gasteiger partial charge in [-0.2, -0.15) is 0 Å². The van der Waals surface area contributed by atoms with Gasteiger partial charge in [-0.25, -0.2) is 4.79 Å². The van der Waals surface area contributed by atoms with Gasteiger partial charge in [0.1, 0.15) is 6.61 Å². The van der Waals surface area contributed by atoms with Crippen LogP contribution in [0.25, 0.3) is 0 Å². The van der Waals surface area contributed by atoms with Crippen molar-refractivity contribution in [2.75, 3.05) is 0 Å². The number of fused-ring (bicyclic) bond motifs is 1. The molecule has 0 atom stereocenters. The van der Waals surface area contributed by atoms with Crippen LogP contribution in [0.4, 0.5) is 5.69 Å². The van der Waals surface area contributed by atoms with Gasteiger partial charge in [-0.05, 0) is 6.07 Å². The summed E-state index contributed by atoms with van der Waals surface area (Å²) in [7, 11) is 0. The molecule has 1 heterocycles. The molecule has 1 aromatic rings. The number of nitro benzene ring substituents is 1. The van der Waals surface area contributed by atoms with Crippen LogP contribution in [-0.4, -0.2) is 10.9 Å². The zero-order valence-corrected chi connectivity index (χ0v) is 6.52. The zero-order chi connectivity index (χ0) is 9.42. The molecule has 2 rings (SSSR count). The van der Waals surface area contributed by atoms with Crippen molar-refractivity contribution in [1.82, 2.24) is 0 Å². The summed E-state index contributed by atoms with van der Waals surface area (Å²) in [6.45, 7) is 0.00528. The quantitative estimate of drug-likeness (QED) is 0.369. The molecule has 0 amide bonds. The van der Waals surface area contributed by atoms with Gasteiger partial charge < -0.3 is 4.74 Å². The molecule has 0 bridgehead atoms. The Hall–Kier alpha value is -1.91. The predicted molar refractivity (Wildman–Crippen MR) is 42.2 cm³/mol. The molecule has 5 nitrogen and oxygen atoms in total. The van der Waals surface area contributed by atoms with E-state index in [1.54, 1.807) is 0 Å². The van der Waals surface area contributed by atoms with Crippen molar-refractivity contribution in [3.8, 4) is 0 Å². The number of nitrogens with zero attached hydrogens (tertiary/aromatic N) is 1. The van der Waals surface area contributed by atoms with Crippen molar-refractivity contribution in [3.63, 3.8) is 0 Å². The minimum atomic E-state index is -0.513. The number of carbonyl (C=O) groups excluding carboxylic acids is 1. The van der Waals surface area contributed by atoms with Crippen molar-refractivity contribution in [3.05, 3.63) is 39.4 Å². The van der Waals surface area contributed by atoms with Crippen LogP contribution in [0.3, 0.4) is 0 Å². The molecule has 0 spiro atoms. The number of esters is 1. The van der Waals surface area contributed by atoms with E-state index in [1.807, 2.05) is 0 Å². The third-order valence-corrected chi connectivity index (χ3v) is 1.92. The Morgan fingerprint density at radius 2 is 2.23 bits per heavy atom. The highest BCUT2D eigenvalue weighted by Gasteiger charge is 2.28. The molecule has 0 N–H and O–H groups in total. The summed E-state index contributed by atoms with van der Waals surface area (Å²) in [5, 5.41) is 10.5. The van der Waals surface area contributed by atoms with Crippen molar-refractivity contribution in [1.29, 1.82) is 0 Å². The smallest absolute Gasteiger partial charge is 0.339 e. The first-order chi connectivity index (χ1) is 6.20. The van der Waals surface area contributed by atoms with E-state index >= 15 is 0 Å². The predicted octanol–water partition coefficient (Wildman–Crippen LogP) is 1.27. The lowest BCUT2D eigenvalue weighted by atomic mass is 10.1. The highest BCUT2D eigenvalue weighted by atomic mass is 16.6. The van der Waals surface area contributed by atoms with Gasteiger partial charge in [0.05, 0.1) is 16.1 Å². The molecule has 0 radical (unpaired) electrons. The van der Waals surface area contributed by atoms with E-state index < -0.39 is 10.9 Å². The first-order valence-corrected chi connectivity index (χ1v) is 3.63. The Bertz CT molecular complexity index is 399. The largest absolute Gasteiger partial charge is 0.457 e. The molecule has 0 saturated carbocycles. The average molecular weight is 179 g/mol. The molecule has 1 aromatic carbocycles. The Morgan fingerprint density at radius 1 is 1.46 bits per heavy atom. The van der Waals surface area contributed by atoms with Gasteiger partial charge in [0.2, 0.25) is 0 Å². The molecule has 1 aliphatic heterocycles. The van der Waals surface area contributed by atoms with Gasteiger partial charge in [-0.3, -0.25) is 10.1 Å². The molecule has 0 fully saturated rings. The molecular weight excluding hydrogens is 174 g/mol. The summed E-state index contributed by atoms with van der Waals surface area (Å²) in [4.78, 5) is 21.0. The van der Waals surface area contributed by atoms with E-state index in [-0.39, 0.29) is 12.3 Å². The first kappa shape index (κ1) is 7.72. The lowest BCUT2D eigenvalue weighted by Crippen LogP contribution is -1.95. The summed E-state index contributed by atoms with van der Waals surface area (Å²) < 4.78 is 4.67. The maximum Gasteiger partial charge on any atom is 0.339 e. The van der Waals surface area contributed by atoms with E-state index in [4.69, 9.17) is 0 Å². The fraction of sp³-hybridized carbons (Fsp3) is 0.125. The number of nitro groups is 1. The molecule has 1 aliphatic rings. The van der Waals surface area contributed by atoms with Crippen LogP contribution in [0.15, 0.2) is 18.2 Å². The second-order valence-electron chi connectivity index (χ2n) is 2.64. The molecule has 5 heteroatoms. The lowest BCUT2D eigenvalue weighted by molar-refractivity contribution is -0.385. The summed E-state index contributed by atoms with van der Waals surface area (Å²) in [5.41, 5.74) is 0.620. The summed E-state index contributed by atoms with van der Waals surface area (Å²) >= 11 is 0. The molecule has 0 aromatic heterocycles. The molecule has 66 valence electrons. The van der Waals surface area contributed by atoms with Gasteiger partial charge in [-0.1, -0.05) is 6.07 Å². The van der Waals surface area contributed by atoms with E-state index in [0.717, 1.165) is 0 Å². The van der Waals surface area contributed by atoms with E-state index in [2.05, 4.69) is 4.74 Å². The zero-order valence-electron chi connectivity index (χ0n) is 6.52. The number of cyclic esters (lactones) is 1. The fourth-order valence-corrected chi connectivity index (χ4v) is 1.30. The van der Waals surface area contributed by atoms with Crippen molar-refractivity contribution >= 4 is 11.7 Å². The standard InChI is InChI=1S/C8H5NO4/c10-8-5-2-1-3-7(9(11)12)6(5)4-13-8/h1-3H,4H2. The van der Waals surface area contributed by atoms with E-state index in [1.165, 1.54) is 18.2 Å². The number of benzene rings is 1. The third-order valence-electron chi connectivity index (χ3n) is 1.92. The lowest BCUT2D eigenvalue weighted by Gasteiger charge is -1.94. The van der Waals surface area contributed by atoms with Crippen LogP contribution < -0.4 is 0 Å². The highest BCUT2D eigenvalue weighted by Crippen LogP contribution is 2.28. The highest BCUT2D eigenvalue weighted by molar-refractivity contribution is 5.94. The third kappa shape index (κ3) is 1.05. The van der Waals surface area contributed by atoms with E-state index in [9.17, 15) is 14.9 Å². The van der Waals surface area contributed by atoms with Gasteiger partial charge in [0.15, 0.2) is 0 Å². The number of ether oxygens (including phenoxy) is 1. The second-order valence-corrected chi connectivity index (χ2v) is 2.64. The summed E-state index contributed by atoms with van der Waals surface area (Å²) in [5.74, 6) is -0.487. The minimum absolute atomic E-state index is 0.00528. The van der Waals surface area contributed by atoms with Crippen LogP contribution in [-0.2, 0) is 11.3 Å². The summed E-state index contributed by atoms with van der Waals surface area (Å²) in [6, 6.07) is 4.36. The SMILES string of the molecule is O=C1OCc2c1cccc2[N+](=O)[O-]. The van der Waals surface area contributed by atoms with E-state index in [0.29, 0.717) is 11.1 Å². The van der Waals surface area contributed by atoms with Crippen LogP contribution in [0.5, 0.6) is 0 Å². The van der Waals surface area contributed by atoms with Crippen LogP contribution >= 0.6 is 0 Å². The Balaban J connectivity index is 2.63. The topological polar surface area (TPSA) is 69.4 Å². The van der Waals surface area contributed by atoms with Crippen molar-refractivity contribution in [2.45, 2.75) is 6.61 Å². The fourth-order valence-electron chi connectivity index (χ4n) is 1.30. The Morgan fingerprint density at radius 3 is 2.92 bits per heavy atom.